The fraction of sp³-hybridized carbons (Fsp3) is 0.364. The third-order valence-electron chi connectivity index (χ3n) is 7.57. The number of amides is 1. The van der Waals surface area contributed by atoms with Crippen molar-refractivity contribution in [3.8, 4) is 0 Å². The van der Waals surface area contributed by atoms with Crippen LogP contribution in [0.1, 0.15) is 83.0 Å². The first kappa shape index (κ1) is 29.0. The van der Waals surface area contributed by atoms with Crippen molar-refractivity contribution in [3.63, 3.8) is 0 Å². The number of benzene rings is 3. The molecule has 7 heteroatoms. The van der Waals surface area contributed by atoms with Crippen LogP contribution in [0.25, 0.3) is 0 Å². The van der Waals surface area contributed by atoms with Crippen LogP contribution in [0.3, 0.4) is 0 Å². The van der Waals surface area contributed by atoms with Crippen molar-refractivity contribution in [3.05, 3.63) is 120 Å². The van der Waals surface area contributed by atoms with E-state index in [9.17, 15) is 4.79 Å². The highest BCUT2D eigenvalue weighted by Gasteiger charge is 2.42. The normalized spacial score (nSPS) is 13.1. The third kappa shape index (κ3) is 5.94. The lowest BCUT2D eigenvalue weighted by Gasteiger charge is -2.36. The number of hydrogen-bond donors (Lipinski definition) is 1. The Hall–Kier alpha value is -3.97. The smallest absolute Gasteiger partial charge is 0.431 e. The van der Waals surface area contributed by atoms with E-state index in [-0.39, 0.29) is 5.41 Å². The summed E-state index contributed by atoms with van der Waals surface area (Å²) >= 11 is 0. The maximum atomic E-state index is 12.5. The molecular weight excluding hydrogens is 500 g/mol. The van der Waals surface area contributed by atoms with E-state index >= 15 is 0 Å². The largest absolute Gasteiger partial charge is 0.442 e. The van der Waals surface area contributed by atoms with Gasteiger partial charge in [-0.2, -0.15) is 10.6 Å². The van der Waals surface area contributed by atoms with Gasteiger partial charge in [0.25, 0.3) is 0 Å². The van der Waals surface area contributed by atoms with Gasteiger partial charge in [0.15, 0.2) is 11.9 Å². The van der Waals surface area contributed by atoms with Crippen molar-refractivity contribution in [1.29, 1.82) is 0 Å². The molecule has 4 aromatic rings. The van der Waals surface area contributed by atoms with Gasteiger partial charge in [0.2, 0.25) is 0 Å². The Morgan fingerprint density at radius 1 is 0.800 bits per heavy atom. The first-order chi connectivity index (χ1) is 19.1. The van der Waals surface area contributed by atoms with E-state index in [2.05, 4.69) is 62.6 Å². The summed E-state index contributed by atoms with van der Waals surface area (Å²) in [6.07, 6.45) is 2.08. The van der Waals surface area contributed by atoms with Crippen LogP contribution in [0.5, 0.6) is 0 Å². The van der Waals surface area contributed by atoms with Gasteiger partial charge in [0.1, 0.15) is 17.5 Å². The van der Waals surface area contributed by atoms with Crippen LogP contribution in [0.4, 0.5) is 4.79 Å². The van der Waals surface area contributed by atoms with Crippen LogP contribution in [0, 0.1) is 5.41 Å². The molecule has 7 nitrogen and oxygen atoms in total. The first-order valence-electron chi connectivity index (χ1n) is 13.9. The molecule has 0 bridgehead atoms. The molecule has 4 rings (SSSR count). The summed E-state index contributed by atoms with van der Waals surface area (Å²) in [7, 11) is 0. The molecule has 0 spiro atoms. The average molecular weight is 541 g/mol. The number of nitrogens with one attached hydrogen (secondary N) is 1. The summed E-state index contributed by atoms with van der Waals surface area (Å²) in [6.45, 7) is 11.8. The monoisotopic (exact) mass is 540 g/mol. The number of ether oxygens (including phenoxy) is 1. The molecule has 0 aliphatic carbocycles. The summed E-state index contributed by atoms with van der Waals surface area (Å²) in [5.41, 5.74) is 3.83. The summed E-state index contributed by atoms with van der Waals surface area (Å²) in [4.78, 5) is 23.4. The third-order valence-corrected chi connectivity index (χ3v) is 7.57. The lowest BCUT2D eigenvalue weighted by Crippen LogP contribution is -2.39. The van der Waals surface area contributed by atoms with E-state index in [1.165, 1.54) is 0 Å². The highest BCUT2D eigenvalue weighted by molar-refractivity contribution is 5.66. The van der Waals surface area contributed by atoms with Gasteiger partial charge in [0, 0.05) is 5.41 Å². The summed E-state index contributed by atoms with van der Waals surface area (Å²) in [5, 5.41) is 5.12. The molecule has 0 aliphatic heterocycles. The van der Waals surface area contributed by atoms with Gasteiger partial charge in [-0.3, -0.25) is 4.84 Å². The van der Waals surface area contributed by atoms with Crippen molar-refractivity contribution in [2.24, 2.45) is 5.41 Å². The molecule has 1 aromatic heterocycles. The minimum absolute atomic E-state index is 0.351. The van der Waals surface area contributed by atoms with E-state index in [1.54, 1.807) is 6.33 Å². The lowest BCUT2D eigenvalue weighted by molar-refractivity contribution is -0.0998. The second-order valence-electron chi connectivity index (χ2n) is 11.3. The zero-order valence-electron chi connectivity index (χ0n) is 24.3. The molecule has 40 heavy (non-hydrogen) atoms. The molecule has 0 saturated carbocycles. The van der Waals surface area contributed by atoms with E-state index in [0.29, 0.717) is 5.82 Å². The van der Waals surface area contributed by atoms with Crippen LogP contribution < -0.4 is 5.48 Å². The SMILES string of the molecule is CCC(C)(CC)C(ONC(=O)OC(C)(C)C)c1ncn(C(c2ccccc2)(c2ccccc2)c2ccccc2)n1. The fourth-order valence-electron chi connectivity index (χ4n) is 5.03. The Morgan fingerprint density at radius 2 is 1.25 bits per heavy atom. The molecule has 1 unspecified atom stereocenters. The van der Waals surface area contributed by atoms with Gasteiger partial charge in [0.05, 0.1) is 0 Å². The zero-order chi connectivity index (χ0) is 28.8. The number of carbonyl (C=O) groups excluding carboxylic acids is 1. The Kier molecular flexibility index (Phi) is 8.74. The Labute approximate surface area is 237 Å². The Morgan fingerprint density at radius 3 is 1.65 bits per heavy atom. The van der Waals surface area contributed by atoms with Crippen molar-refractivity contribution in [1.82, 2.24) is 20.2 Å². The molecular formula is C33H40N4O3. The summed E-state index contributed by atoms with van der Waals surface area (Å²) in [5.74, 6) is 0.481. The Bertz CT molecular complexity index is 1260. The maximum absolute atomic E-state index is 12.5. The number of carbonyl (C=O) groups is 1. The molecule has 1 N–H and O–H groups in total. The molecule has 210 valence electrons. The maximum Gasteiger partial charge on any atom is 0.431 e. The van der Waals surface area contributed by atoms with Crippen molar-refractivity contribution in [2.75, 3.05) is 0 Å². The molecule has 0 saturated heterocycles. The number of hydroxylamine groups is 1. The Balaban J connectivity index is 1.87. The predicted octanol–water partition coefficient (Wildman–Crippen LogP) is 7.44. The van der Waals surface area contributed by atoms with Crippen molar-refractivity contribution >= 4 is 6.09 Å². The topological polar surface area (TPSA) is 78.3 Å². The molecule has 0 fully saturated rings. The molecule has 0 aliphatic rings. The number of rotatable bonds is 10. The van der Waals surface area contributed by atoms with Crippen LogP contribution in [0.15, 0.2) is 97.3 Å². The zero-order valence-corrected chi connectivity index (χ0v) is 24.3. The second-order valence-corrected chi connectivity index (χ2v) is 11.3. The van der Waals surface area contributed by atoms with Crippen molar-refractivity contribution < 1.29 is 14.4 Å². The van der Waals surface area contributed by atoms with E-state index in [4.69, 9.17) is 19.7 Å². The molecule has 0 radical (unpaired) electrons. The van der Waals surface area contributed by atoms with Crippen LogP contribution >= 0.6 is 0 Å². The predicted molar refractivity (Wildman–Crippen MR) is 157 cm³/mol. The minimum atomic E-state index is -0.799. The van der Waals surface area contributed by atoms with Gasteiger partial charge in [-0.15, -0.1) is 0 Å². The fourth-order valence-corrected chi connectivity index (χ4v) is 5.03. The van der Waals surface area contributed by atoms with Crippen LogP contribution in [-0.4, -0.2) is 26.5 Å². The molecule has 1 amide bonds. The summed E-state index contributed by atoms with van der Waals surface area (Å²) in [6, 6.07) is 30.9. The molecule has 1 atom stereocenters. The lowest BCUT2D eigenvalue weighted by atomic mass is 9.77. The van der Waals surface area contributed by atoms with Crippen LogP contribution in [0.2, 0.25) is 0 Å². The van der Waals surface area contributed by atoms with Gasteiger partial charge >= 0.3 is 6.09 Å². The highest BCUT2D eigenvalue weighted by Crippen LogP contribution is 2.43. The first-order valence-corrected chi connectivity index (χ1v) is 13.9. The highest BCUT2D eigenvalue weighted by atomic mass is 16.7. The number of hydrogen-bond acceptors (Lipinski definition) is 5. The number of aromatic nitrogens is 3. The van der Waals surface area contributed by atoms with E-state index in [1.807, 2.05) is 80.1 Å². The van der Waals surface area contributed by atoms with Gasteiger partial charge < -0.3 is 4.74 Å². The standard InChI is InChI=1S/C33H40N4O3/c1-7-32(6,8-2)28(40-36-30(38)39-31(3,4)5)29-34-24-37(35-29)33(25-18-12-9-13-19-25,26-20-14-10-15-21-26)27-22-16-11-17-23-27/h9-24,28H,7-8H2,1-6H3,(H,36,38). The van der Waals surface area contributed by atoms with E-state index in [0.717, 1.165) is 29.5 Å². The second kappa shape index (κ2) is 12.0. The molecule has 1 heterocycles. The van der Waals surface area contributed by atoms with Crippen LogP contribution in [-0.2, 0) is 15.1 Å². The van der Waals surface area contributed by atoms with Crippen molar-refractivity contribution in [2.45, 2.75) is 71.6 Å². The number of nitrogens with zero attached hydrogens (tertiary/aromatic N) is 3. The van der Waals surface area contributed by atoms with E-state index < -0.39 is 23.3 Å². The molecule has 3 aromatic carbocycles. The van der Waals surface area contributed by atoms with Gasteiger partial charge in [-0.25, -0.2) is 14.5 Å². The quantitative estimate of drug-likeness (QED) is 0.167. The summed E-state index contributed by atoms with van der Waals surface area (Å²) < 4.78 is 7.33. The van der Waals surface area contributed by atoms with Gasteiger partial charge in [-0.1, -0.05) is 112 Å². The van der Waals surface area contributed by atoms with Gasteiger partial charge in [-0.05, 0) is 50.3 Å². The minimum Gasteiger partial charge on any atom is -0.442 e. The average Bonchev–Trinajstić information content (AvgIpc) is 3.44.